The van der Waals surface area contributed by atoms with E-state index in [-0.39, 0.29) is 24.2 Å². The Bertz CT molecular complexity index is 430. The second-order valence-electron chi connectivity index (χ2n) is 3.88. The summed E-state index contributed by atoms with van der Waals surface area (Å²) in [7, 11) is 0. The van der Waals surface area contributed by atoms with E-state index in [1.807, 2.05) is 6.92 Å². The minimum atomic E-state index is -1.22. The number of hydrogen-bond donors (Lipinski definition) is 1. The Labute approximate surface area is 99.1 Å². The Morgan fingerprint density at radius 2 is 1.94 bits per heavy atom. The van der Waals surface area contributed by atoms with Crippen LogP contribution in [0, 0.1) is 6.92 Å². The van der Waals surface area contributed by atoms with Crippen LogP contribution in [0.1, 0.15) is 47.2 Å². The van der Waals surface area contributed by atoms with Crippen molar-refractivity contribution in [3.05, 3.63) is 22.6 Å². The highest BCUT2D eigenvalue weighted by Crippen LogP contribution is 2.24. The highest BCUT2D eigenvalue weighted by atomic mass is 16.4. The topological polar surface area (TPSA) is 90.6 Å². The molecule has 0 aliphatic heterocycles. The minimum Gasteiger partial charge on any atom is -0.550 e. The van der Waals surface area contributed by atoms with Crippen LogP contribution in [0.3, 0.4) is 0 Å². The molecule has 0 atom stereocenters. The number of rotatable bonds is 6. The maximum atomic E-state index is 11.1. The molecule has 0 aliphatic carbocycles. The summed E-state index contributed by atoms with van der Waals surface area (Å²) in [6.07, 6.45) is 1.30. The van der Waals surface area contributed by atoms with E-state index in [4.69, 9.17) is 9.52 Å². The number of carbonyl (C=O) groups excluding carboxylic acids is 1. The van der Waals surface area contributed by atoms with E-state index in [0.29, 0.717) is 17.7 Å². The van der Waals surface area contributed by atoms with Crippen LogP contribution in [-0.2, 0) is 17.6 Å². The summed E-state index contributed by atoms with van der Waals surface area (Å²) in [5.74, 6) is -1.45. The van der Waals surface area contributed by atoms with Gasteiger partial charge in [-0.1, -0.05) is 6.92 Å². The van der Waals surface area contributed by atoms with Gasteiger partial charge in [0.05, 0.1) is 0 Å². The Morgan fingerprint density at radius 3 is 2.41 bits per heavy atom. The maximum absolute atomic E-state index is 11.1. The second kappa shape index (κ2) is 5.52. The highest BCUT2D eigenvalue weighted by Gasteiger charge is 2.21. The molecule has 1 aromatic rings. The average molecular weight is 239 g/mol. The minimum absolute atomic E-state index is 0.0501. The average Bonchev–Trinajstić information content (AvgIpc) is 2.53. The van der Waals surface area contributed by atoms with Crippen molar-refractivity contribution in [2.75, 3.05) is 0 Å². The molecule has 94 valence electrons. The van der Waals surface area contributed by atoms with Gasteiger partial charge in [0.2, 0.25) is 0 Å². The van der Waals surface area contributed by atoms with Crippen LogP contribution >= 0.6 is 0 Å². The number of furan rings is 1. The number of carboxylic acid groups (broad SMARTS) is 2. The van der Waals surface area contributed by atoms with Crippen molar-refractivity contribution >= 4 is 11.9 Å². The lowest BCUT2D eigenvalue weighted by Crippen LogP contribution is -2.22. The smallest absolute Gasteiger partial charge is 0.339 e. The number of carbonyl (C=O) groups is 2. The summed E-state index contributed by atoms with van der Waals surface area (Å²) in [5, 5.41) is 19.4. The quantitative estimate of drug-likeness (QED) is 0.797. The van der Waals surface area contributed by atoms with Crippen molar-refractivity contribution < 1.29 is 24.2 Å². The molecule has 0 bridgehead atoms. The molecular weight excluding hydrogens is 224 g/mol. The lowest BCUT2D eigenvalue weighted by Gasteiger charge is -2.00. The first kappa shape index (κ1) is 13.3. The van der Waals surface area contributed by atoms with Gasteiger partial charge in [-0.25, -0.2) is 4.79 Å². The van der Waals surface area contributed by atoms with Gasteiger partial charge in [-0.3, -0.25) is 0 Å². The molecule has 0 saturated carbocycles. The Kier molecular flexibility index (Phi) is 4.31. The zero-order chi connectivity index (χ0) is 13.0. The van der Waals surface area contributed by atoms with Crippen LogP contribution in [0.4, 0.5) is 0 Å². The van der Waals surface area contributed by atoms with Crippen molar-refractivity contribution in [2.24, 2.45) is 0 Å². The molecule has 0 aromatic carbocycles. The standard InChI is InChI=1S/C12H16O5/c1-3-4-8-7(2)11(12(15)16)9(17-8)5-6-10(13)14/h3-6H2,1-2H3,(H,13,14)(H,15,16)/p-1. The molecule has 17 heavy (non-hydrogen) atoms. The SMILES string of the molecule is CCCc1oc(CCC(=O)[O-])c(C(=O)O)c1C. The van der Waals surface area contributed by atoms with Gasteiger partial charge in [0.25, 0.3) is 0 Å². The first-order chi connectivity index (χ1) is 7.97. The molecular formula is C12H15O5-. The van der Waals surface area contributed by atoms with Crippen LogP contribution in [0.5, 0.6) is 0 Å². The first-order valence-electron chi connectivity index (χ1n) is 5.51. The monoisotopic (exact) mass is 239 g/mol. The number of aliphatic carboxylic acids is 1. The summed E-state index contributed by atoms with van der Waals surface area (Å²) in [4.78, 5) is 21.5. The molecule has 5 nitrogen and oxygen atoms in total. The number of hydrogen-bond acceptors (Lipinski definition) is 4. The van der Waals surface area contributed by atoms with Gasteiger partial charge in [0, 0.05) is 24.4 Å². The van der Waals surface area contributed by atoms with Gasteiger partial charge >= 0.3 is 5.97 Å². The van der Waals surface area contributed by atoms with Crippen LogP contribution in [-0.4, -0.2) is 17.0 Å². The molecule has 5 heteroatoms. The zero-order valence-corrected chi connectivity index (χ0v) is 9.91. The van der Waals surface area contributed by atoms with E-state index in [0.717, 1.165) is 6.42 Å². The molecule has 0 saturated heterocycles. The molecule has 1 aromatic heterocycles. The summed E-state index contributed by atoms with van der Waals surface area (Å²) >= 11 is 0. The zero-order valence-electron chi connectivity index (χ0n) is 9.91. The fourth-order valence-corrected chi connectivity index (χ4v) is 1.76. The van der Waals surface area contributed by atoms with Crippen molar-refractivity contribution in [2.45, 2.75) is 39.5 Å². The van der Waals surface area contributed by atoms with E-state index in [1.54, 1.807) is 6.92 Å². The first-order valence-corrected chi connectivity index (χ1v) is 5.51. The van der Waals surface area contributed by atoms with Crippen molar-refractivity contribution in [1.82, 2.24) is 0 Å². The number of aromatic carboxylic acids is 1. The molecule has 0 amide bonds. The fourth-order valence-electron chi connectivity index (χ4n) is 1.76. The van der Waals surface area contributed by atoms with Crippen LogP contribution in [0.15, 0.2) is 4.42 Å². The summed E-state index contributed by atoms with van der Waals surface area (Å²) < 4.78 is 5.43. The van der Waals surface area contributed by atoms with Gasteiger partial charge in [0.15, 0.2) is 0 Å². The van der Waals surface area contributed by atoms with Crippen LogP contribution < -0.4 is 5.11 Å². The Hall–Kier alpha value is -1.78. The van der Waals surface area contributed by atoms with Crippen LogP contribution in [0.2, 0.25) is 0 Å². The summed E-state index contributed by atoms with van der Waals surface area (Å²) in [6.45, 7) is 3.64. The third-order valence-corrected chi connectivity index (χ3v) is 2.57. The molecule has 0 radical (unpaired) electrons. The van der Waals surface area contributed by atoms with Gasteiger partial charge in [0.1, 0.15) is 17.1 Å². The second-order valence-corrected chi connectivity index (χ2v) is 3.88. The largest absolute Gasteiger partial charge is 0.550 e. The molecule has 1 heterocycles. The summed E-state index contributed by atoms with van der Waals surface area (Å²) in [5.41, 5.74) is 0.683. The predicted molar refractivity (Wildman–Crippen MR) is 57.7 cm³/mol. The van der Waals surface area contributed by atoms with Gasteiger partial charge in [-0.2, -0.15) is 0 Å². The Balaban J connectivity index is 3.05. The molecule has 1 rings (SSSR count). The molecule has 1 N–H and O–H groups in total. The summed E-state index contributed by atoms with van der Waals surface area (Å²) in [6, 6.07) is 0. The lowest BCUT2D eigenvalue weighted by molar-refractivity contribution is -0.305. The van der Waals surface area contributed by atoms with Crippen LogP contribution in [0.25, 0.3) is 0 Å². The van der Waals surface area contributed by atoms with Crippen molar-refractivity contribution in [3.8, 4) is 0 Å². The molecule has 0 fully saturated rings. The molecule has 0 aliphatic rings. The Morgan fingerprint density at radius 1 is 1.29 bits per heavy atom. The van der Waals surface area contributed by atoms with Crippen molar-refractivity contribution in [1.29, 1.82) is 0 Å². The predicted octanol–water partition coefficient (Wildman–Crippen LogP) is 0.921. The third kappa shape index (κ3) is 3.09. The van der Waals surface area contributed by atoms with E-state index in [1.165, 1.54) is 0 Å². The van der Waals surface area contributed by atoms with E-state index in [2.05, 4.69) is 0 Å². The normalized spacial score (nSPS) is 10.5. The van der Waals surface area contributed by atoms with E-state index < -0.39 is 11.9 Å². The van der Waals surface area contributed by atoms with Gasteiger partial charge < -0.3 is 19.4 Å². The highest BCUT2D eigenvalue weighted by molar-refractivity contribution is 5.91. The fraction of sp³-hybridized carbons (Fsp3) is 0.500. The third-order valence-electron chi connectivity index (χ3n) is 2.57. The van der Waals surface area contributed by atoms with E-state index in [9.17, 15) is 14.7 Å². The number of carboxylic acids is 2. The molecule has 0 unspecified atom stereocenters. The van der Waals surface area contributed by atoms with Gasteiger partial charge in [-0.15, -0.1) is 0 Å². The van der Waals surface area contributed by atoms with Crippen molar-refractivity contribution in [3.63, 3.8) is 0 Å². The van der Waals surface area contributed by atoms with E-state index >= 15 is 0 Å². The number of aryl methyl sites for hydroxylation is 2. The lowest BCUT2D eigenvalue weighted by atomic mass is 10.1. The maximum Gasteiger partial charge on any atom is 0.339 e. The molecule has 0 spiro atoms. The van der Waals surface area contributed by atoms with Gasteiger partial charge in [-0.05, 0) is 19.8 Å².